The lowest BCUT2D eigenvalue weighted by Gasteiger charge is -2.33. The summed E-state index contributed by atoms with van der Waals surface area (Å²) in [7, 11) is 0. The quantitative estimate of drug-likeness (QED) is 0.898. The lowest BCUT2D eigenvalue weighted by molar-refractivity contribution is -0.142. The van der Waals surface area contributed by atoms with Gasteiger partial charge in [-0.2, -0.15) is 8.75 Å². The van der Waals surface area contributed by atoms with Gasteiger partial charge in [0.25, 0.3) is 5.91 Å². The third kappa shape index (κ3) is 2.16. The minimum atomic E-state index is -1.00. The molecule has 6 nitrogen and oxygen atoms in total. The summed E-state index contributed by atoms with van der Waals surface area (Å²) < 4.78 is 7.68. The van der Waals surface area contributed by atoms with E-state index >= 15 is 0 Å². The molecule has 0 fully saturated rings. The van der Waals surface area contributed by atoms with Gasteiger partial charge in [-0.25, -0.2) is 4.79 Å². The van der Waals surface area contributed by atoms with E-state index in [1.54, 1.807) is 0 Å². The molecule has 0 bridgehead atoms. The van der Waals surface area contributed by atoms with Crippen LogP contribution in [0.1, 0.15) is 21.6 Å². The second kappa shape index (κ2) is 5.01. The molecular weight excluding hydrogens is 278 g/mol. The van der Waals surface area contributed by atoms with Gasteiger partial charge in [-0.3, -0.25) is 4.79 Å². The van der Waals surface area contributed by atoms with Crippen LogP contribution in [0, 0.1) is 0 Å². The highest BCUT2D eigenvalue weighted by atomic mass is 32.1. The predicted molar refractivity (Wildman–Crippen MR) is 71.4 cm³/mol. The van der Waals surface area contributed by atoms with E-state index in [0.717, 1.165) is 22.9 Å². The highest BCUT2D eigenvalue weighted by Gasteiger charge is 2.35. The third-order valence-corrected chi connectivity index (χ3v) is 3.85. The van der Waals surface area contributed by atoms with Crippen molar-refractivity contribution in [3.63, 3.8) is 0 Å². The second-order valence-electron chi connectivity index (χ2n) is 4.55. The van der Waals surface area contributed by atoms with Crippen molar-refractivity contribution in [1.82, 2.24) is 13.6 Å². The Morgan fingerprint density at radius 2 is 2.05 bits per heavy atom. The molecule has 0 spiro atoms. The number of fused-ring (bicyclic) bond motifs is 1. The highest BCUT2D eigenvalue weighted by Crippen LogP contribution is 2.24. The van der Waals surface area contributed by atoms with E-state index in [4.69, 9.17) is 0 Å². The minimum Gasteiger partial charge on any atom is -0.480 e. The zero-order valence-corrected chi connectivity index (χ0v) is 11.2. The number of rotatable bonds is 2. The average molecular weight is 289 g/mol. The van der Waals surface area contributed by atoms with Crippen LogP contribution in [0.25, 0.3) is 0 Å². The SMILES string of the molecule is O=C(O)[C@H]1Cc2ccccc2CN1C(=O)c1cnsn1. The monoisotopic (exact) mass is 289 g/mol. The van der Waals surface area contributed by atoms with E-state index in [1.165, 1.54) is 11.1 Å². The number of carboxylic acids is 1. The fourth-order valence-electron chi connectivity index (χ4n) is 2.36. The van der Waals surface area contributed by atoms with Gasteiger partial charge in [-0.1, -0.05) is 24.3 Å². The van der Waals surface area contributed by atoms with E-state index in [0.29, 0.717) is 6.42 Å². The molecule has 102 valence electrons. The molecule has 0 saturated carbocycles. The maximum atomic E-state index is 12.4. The molecule has 1 N–H and O–H groups in total. The van der Waals surface area contributed by atoms with Crippen molar-refractivity contribution >= 4 is 23.6 Å². The van der Waals surface area contributed by atoms with Gasteiger partial charge in [-0.15, -0.1) is 0 Å². The second-order valence-corrected chi connectivity index (χ2v) is 5.11. The number of nitrogens with zero attached hydrogens (tertiary/aromatic N) is 3. The number of hydrogen-bond acceptors (Lipinski definition) is 5. The number of benzene rings is 1. The third-order valence-electron chi connectivity index (χ3n) is 3.37. The normalized spacial score (nSPS) is 17.6. The summed E-state index contributed by atoms with van der Waals surface area (Å²) in [6.07, 6.45) is 1.68. The Hall–Kier alpha value is -2.28. The van der Waals surface area contributed by atoms with Crippen molar-refractivity contribution in [1.29, 1.82) is 0 Å². The van der Waals surface area contributed by atoms with Gasteiger partial charge < -0.3 is 10.0 Å². The molecule has 1 aromatic heterocycles. The number of aliphatic carboxylic acids is 1. The summed E-state index contributed by atoms with van der Waals surface area (Å²) in [5.74, 6) is -1.39. The van der Waals surface area contributed by atoms with Crippen LogP contribution in [-0.4, -0.2) is 36.7 Å². The lowest BCUT2D eigenvalue weighted by atomic mass is 9.94. The number of aromatic nitrogens is 2. The van der Waals surface area contributed by atoms with Gasteiger partial charge in [0.1, 0.15) is 6.04 Å². The van der Waals surface area contributed by atoms with Crippen molar-refractivity contribution in [2.45, 2.75) is 19.0 Å². The van der Waals surface area contributed by atoms with Gasteiger partial charge in [0.05, 0.1) is 17.9 Å². The molecule has 7 heteroatoms. The lowest BCUT2D eigenvalue weighted by Crippen LogP contribution is -2.48. The maximum Gasteiger partial charge on any atom is 0.326 e. The van der Waals surface area contributed by atoms with Crippen molar-refractivity contribution < 1.29 is 14.7 Å². The first kappa shape index (κ1) is 12.7. The van der Waals surface area contributed by atoms with E-state index in [1.807, 2.05) is 24.3 Å². The largest absolute Gasteiger partial charge is 0.480 e. The van der Waals surface area contributed by atoms with Crippen LogP contribution in [0.4, 0.5) is 0 Å². The number of carboxylic acid groups (broad SMARTS) is 1. The van der Waals surface area contributed by atoms with Gasteiger partial charge in [0, 0.05) is 13.0 Å². The number of carbonyl (C=O) groups excluding carboxylic acids is 1. The number of amides is 1. The Bertz CT molecular complexity index is 657. The highest BCUT2D eigenvalue weighted by molar-refractivity contribution is 6.99. The van der Waals surface area contributed by atoms with Crippen molar-refractivity contribution in [2.75, 3.05) is 0 Å². The summed E-state index contributed by atoms with van der Waals surface area (Å²) in [5, 5.41) is 9.35. The Kier molecular flexibility index (Phi) is 3.19. The van der Waals surface area contributed by atoms with Crippen LogP contribution >= 0.6 is 11.7 Å². The van der Waals surface area contributed by atoms with Crippen LogP contribution < -0.4 is 0 Å². The van der Waals surface area contributed by atoms with Crippen molar-refractivity contribution in [2.24, 2.45) is 0 Å². The van der Waals surface area contributed by atoms with E-state index < -0.39 is 12.0 Å². The summed E-state index contributed by atoms with van der Waals surface area (Å²) >= 11 is 0.932. The van der Waals surface area contributed by atoms with E-state index in [2.05, 4.69) is 8.75 Å². The topological polar surface area (TPSA) is 83.4 Å². The van der Waals surface area contributed by atoms with E-state index in [9.17, 15) is 14.7 Å². The van der Waals surface area contributed by atoms with Crippen LogP contribution in [0.2, 0.25) is 0 Å². The fraction of sp³-hybridized carbons (Fsp3) is 0.231. The molecule has 0 saturated heterocycles. The molecule has 0 aliphatic carbocycles. The number of carbonyl (C=O) groups is 2. The molecule has 1 aromatic carbocycles. The van der Waals surface area contributed by atoms with Gasteiger partial charge in [-0.05, 0) is 11.1 Å². The first-order valence-corrected chi connectivity index (χ1v) is 6.78. The van der Waals surface area contributed by atoms with Crippen LogP contribution in [0.15, 0.2) is 30.5 Å². The summed E-state index contributed by atoms with van der Waals surface area (Å²) in [6.45, 7) is 0.281. The van der Waals surface area contributed by atoms with Gasteiger partial charge in [0.15, 0.2) is 5.69 Å². The summed E-state index contributed by atoms with van der Waals surface area (Å²) in [6, 6.07) is 6.70. The molecule has 1 atom stereocenters. The van der Waals surface area contributed by atoms with Crippen LogP contribution in [0.5, 0.6) is 0 Å². The Morgan fingerprint density at radius 3 is 2.70 bits per heavy atom. The summed E-state index contributed by atoms with van der Waals surface area (Å²) in [4.78, 5) is 25.1. The molecule has 2 heterocycles. The molecular formula is C13H11N3O3S. The standard InChI is InChI=1S/C13H11N3O3S/c17-12(10-6-14-20-15-10)16-7-9-4-2-1-3-8(9)5-11(16)13(18)19/h1-4,6,11H,5,7H2,(H,18,19)/t11-/m1/s1. The van der Waals surface area contributed by atoms with Gasteiger partial charge in [0.2, 0.25) is 0 Å². The van der Waals surface area contributed by atoms with Crippen LogP contribution in [0.3, 0.4) is 0 Å². The predicted octanol–water partition coefficient (Wildman–Crippen LogP) is 1.19. The molecule has 3 rings (SSSR count). The maximum absolute atomic E-state index is 12.4. The molecule has 20 heavy (non-hydrogen) atoms. The molecule has 0 unspecified atom stereocenters. The van der Waals surface area contributed by atoms with Gasteiger partial charge >= 0.3 is 5.97 Å². The van der Waals surface area contributed by atoms with Crippen molar-refractivity contribution in [3.8, 4) is 0 Å². The fourth-order valence-corrected chi connectivity index (χ4v) is 2.77. The van der Waals surface area contributed by atoms with Crippen molar-refractivity contribution in [3.05, 3.63) is 47.3 Å². The Balaban J connectivity index is 1.96. The molecule has 2 aromatic rings. The van der Waals surface area contributed by atoms with Crippen LogP contribution in [-0.2, 0) is 17.8 Å². The van der Waals surface area contributed by atoms with E-state index in [-0.39, 0.29) is 18.1 Å². The first-order chi connectivity index (χ1) is 9.66. The minimum absolute atomic E-state index is 0.195. The molecule has 1 amide bonds. The smallest absolute Gasteiger partial charge is 0.326 e. The zero-order valence-electron chi connectivity index (χ0n) is 10.4. The molecule has 1 aliphatic heterocycles. The Morgan fingerprint density at radius 1 is 1.30 bits per heavy atom. The molecule has 1 aliphatic rings. The average Bonchev–Trinajstić information content (AvgIpc) is 2.99. The molecule has 0 radical (unpaired) electrons. The Labute approximate surface area is 119 Å². The first-order valence-electron chi connectivity index (χ1n) is 6.05. The zero-order chi connectivity index (χ0) is 14.1. The number of hydrogen-bond donors (Lipinski definition) is 1. The summed E-state index contributed by atoms with van der Waals surface area (Å²) in [5.41, 5.74) is 2.14.